The van der Waals surface area contributed by atoms with Crippen molar-refractivity contribution in [2.75, 3.05) is 55.0 Å². The van der Waals surface area contributed by atoms with E-state index in [9.17, 15) is 0 Å². The molecule has 0 aromatic carbocycles. The minimum atomic E-state index is 0.699. The van der Waals surface area contributed by atoms with Crippen molar-refractivity contribution >= 4 is 17.6 Å². The van der Waals surface area contributed by atoms with E-state index in [1.54, 1.807) is 13.3 Å². The molecular formula is C17H24N6O. The molecular weight excluding hydrogens is 304 g/mol. The Kier molecular flexibility index (Phi) is 4.98. The van der Waals surface area contributed by atoms with Crippen LogP contribution in [-0.2, 0) is 0 Å². The first kappa shape index (κ1) is 16.3. The van der Waals surface area contributed by atoms with Gasteiger partial charge in [-0.15, -0.1) is 0 Å². The van der Waals surface area contributed by atoms with Crippen molar-refractivity contribution in [3.8, 4) is 5.75 Å². The van der Waals surface area contributed by atoms with Crippen LogP contribution in [0, 0.1) is 6.92 Å². The molecule has 0 saturated carbocycles. The SMILES string of the molecule is CCNc1nc(C)cc(N2CCN(c3cc(OC)ccn3)CC2)n1. The quantitative estimate of drug-likeness (QED) is 0.900. The van der Waals surface area contributed by atoms with Gasteiger partial charge in [0.05, 0.1) is 7.11 Å². The molecule has 1 aliphatic heterocycles. The first-order valence-electron chi connectivity index (χ1n) is 8.29. The summed E-state index contributed by atoms with van der Waals surface area (Å²) in [7, 11) is 1.68. The summed E-state index contributed by atoms with van der Waals surface area (Å²) >= 11 is 0. The average molecular weight is 328 g/mol. The zero-order valence-electron chi connectivity index (χ0n) is 14.5. The lowest BCUT2D eigenvalue weighted by molar-refractivity contribution is 0.414. The summed E-state index contributed by atoms with van der Waals surface area (Å²) in [6, 6.07) is 5.89. The Morgan fingerprint density at radius 2 is 1.79 bits per heavy atom. The summed E-state index contributed by atoms with van der Waals surface area (Å²) in [5, 5.41) is 3.19. The third-order valence-electron chi connectivity index (χ3n) is 4.06. The maximum absolute atomic E-state index is 5.28. The molecule has 2 aromatic rings. The molecule has 0 atom stereocenters. The number of hydrogen-bond donors (Lipinski definition) is 1. The number of aryl methyl sites for hydroxylation is 1. The van der Waals surface area contributed by atoms with Crippen molar-refractivity contribution < 1.29 is 4.74 Å². The monoisotopic (exact) mass is 328 g/mol. The van der Waals surface area contributed by atoms with Crippen molar-refractivity contribution in [3.63, 3.8) is 0 Å². The molecule has 0 spiro atoms. The van der Waals surface area contributed by atoms with E-state index in [2.05, 4.69) is 30.1 Å². The molecule has 1 aliphatic rings. The number of rotatable bonds is 5. The molecule has 2 aromatic heterocycles. The highest BCUT2D eigenvalue weighted by Crippen LogP contribution is 2.22. The Balaban J connectivity index is 1.68. The summed E-state index contributed by atoms with van der Waals surface area (Å²) in [6.07, 6.45) is 1.79. The average Bonchev–Trinajstić information content (AvgIpc) is 2.62. The first-order valence-corrected chi connectivity index (χ1v) is 8.29. The molecule has 3 heterocycles. The number of hydrogen-bond acceptors (Lipinski definition) is 7. The van der Waals surface area contributed by atoms with Crippen LogP contribution in [-0.4, -0.2) is 54.8 Å². The second-order valence-corrected chi connectivity index (χ2v) is 5.75. The smallest absolute Gasteiger partial charge is 0.224 e. The minimum absolute atomic E-state index is 0.699. The van der Waals surface area contributed by atoms with E-state index in [0.717, 1.165) is 55.8 Å². The van der Waals surface area contributed by atoms with Crippen molar-refractivity contribution in [2.24, 2.45) is 0 Å². The second kappa shape index (κ2) is 7.33. The van der Waals surface area contributed by atoms with Crippen molar-refractivity contribution in [3.05, 3.63) is 30.1 Å². The molecule has 7 heteroatoms. The number of aromatic nitrogens is 3. The lowest BCUT2D eigenvalue weighted by atomic mass is 10.3. The van der Waals surface area contributed by atoms with Crippen LogP contribution in [0.2, 0.25) is 0 Å². The summed E-state index contributed by atoms with van der Waals surface area (Å²) in [5.74, 6) is 3.48. The molecule has 1 saturated heterocycles. The maximum Gasteiger partial charge on any atom is 0.224 e. The number of piperazine rings is 1. The molecule has 1 fully saturated rings. The fourth-order valence-corrected chi connectivity index (χ4v) is 2.82. The molecule has 7 nitrogen and oxygen atoms in total. The van der Waals surface area contributed by atoms with E-state index >= 15 is 0 Å². The highest BCUT2D eigenvalue weighted by Gasteiger charge is 2.20. The topological polar surface area (TPSA) is 66.4 Å². The molecule has 0 aliphatic carbocycles. The molecule has 0 radical (unpaired) electrons. The van der Waals surface area contributed by atoms with Gasteiger partial charge in [0.25, 0.3) is 0 Å². The van der Waals surface area contributed by atoms with Crippen LogP contribution in [0.1, 0.15) is 12.6 Å². The van der Waals surface area contributed by atoms with E-state index in [-0.39, 0.29) is 0 Å². The van der Waals surface area contributed by atoms with Gasteiger partial charge in [0.15, 0.2) is 0 Å². The Morgan fingerprint density at radius 1 is 1.08 bits per heavy atom. The van der Waals surface area contributed by atoms with Gasteiger partial charge in [-0.25, -0.2) is 9.97 Å². The molecule has 0 unspecified atom stereocenters. The highest BCUT2D eigenvalue weighted by atomic mass is 16.5. The van der Waals surface area contributed by atoms with E-state index in [1.807, 2.05) is 32.0 Å². The van der Waals surface area contributed by atoms with Gasteiger partial charge in [-0.2, -0.15) is 4.98 Å². The Hall–Kier alpha value is -2.57. The highest BCUT2D eigenvalue weighted by molar-refractivity contribution is 5.49. The summed E-state index contributed by atoms with van der Waals surface area (Å²) in [4.78, 5) is 18.1. The summed E-state index contributed by atoms with van der Waals surface area (Å²) in [6.45, 7) is 8.48. The second-order valence-electron chi connectivity index (χ2n) is 5.75. The number of nitrogens with zero attached hydrogens (tertiary/aromatic N) is 5. The van der Waals surface area contributed by atoms with Crippen LogP contribution in [0.3, 0.4) is 0 Å². The van der Waals surface area contributed by atoms with Crippen LogP contribution >= 0.6 is 0 Å². The maximum atomic E-state index is 5.28. The third-order valence-corrected chi connectivity index (χ3v) is 4.06. The van der Waals surface area contributed by atoms with Crippen molar-refractivity contribution in [1.82, 2.24) is 15.0 Å². The molecule has 3 rings (SSSR count). The zero-order chi connectivity index (χ0) is 16.9. The van der Waals surface area contributed by atoms with E-state index in [4.69, 9.17) is 4.74 Å². The zero-order valence-corrected chi connectivity index (χ0v) is 14.5. The predicted molar refractivity (Wildman–Crippen MR) is 96.1 cm³/mol. The standard InChI is InChI=1S/C17H24N6O/c1-4-18-17-20-13(2)11-16(21-17)23-9-7-22(8-10-23)15-12-14(24-3)5-6-19-15/h5-6,11-12H,4,7-10H2,1-3H3,(H,18,20,21). The van der Waals surface area contributed by atoms with Gasteiger partial charge < -0.3 is 19.9 Å². The molecule has 128 valence electrons. The van der Waals surface area contributed by atoms with Gasteiger partial charge in [0.1, 0.15) is 17.4 Å². The van der Waals surface area contributed by atoms with E-state index in [0.29, 0.717) is 5.95 Å². The minimum Gasteiger partial charge on any atom is -0.497 e. The Morgan fingerprint density at radius 3 is 2.46 bits per heavy atom. The molecule has 0 bridgehead atoms. The fraction of sp³-hybridized carbons (Fsp3) is 0.471. The summed E-state index contributed by atoms with van der Waals surface area (Å²) < 4.78 is 5.28. The van der Waals surface area contributed by atoms with Crippen molar-refractivity contribution in [1.29, 1.82) is 0 Å². The number of ether oxygens (including phenoxy) is 1. The fourth-order valence-electron chi connectivity index (χ4n) is 2.82. The number of methoxy groups -OCH3 is 1. The molecule has 24 heavy (non-hydrogen) atoms. The van der Waals surface area contributed by atoms with Crippen molar-refractivity contribution in [2.45, 2.75) is 13.8 Å². The van der Waals surface area contributed by atoms with E-state index < -0.39 is 0 Å². The van der Waals surface area contributed by atoms with Gasteiger partial charge >= 0.3 is 0 Å². The molecule has 0 amide bonds. The number of nitrogens with one attached hydrogen (secondary N) is 1. The normalized spacial score (nSPS) is 14.6. The third kappa shape index (κ3) is 3.67. The van der Waals surface area contributed by atoms with Crippen LogP contribution in [0.15, 0.2) is 24.4 Å². The van der Waals surface area contributed by atoms with Crippen LogP contribution in [0.5, 0.6) is 5.75 Å². The van der Waals surface area contributed by atoms with Crippen LogP contribution in [0.25, 0.3) is 0 Å². The van der Waals surface area contributed by atoms with E-state index in [1.165, 1.54) is 0 Å². The van der Waals surface area contributed by atoms with Crippen LogP contribution < -0.4 is 19.9 Å². The summed E-state index contributed by atoms with van der Waals surface area (Å²) in [5.41, 5.74) is 0.979. The molecule has 1 N–H and O–H groups in total. The van der Waals surface area contributed by atoms with Gasteiger partial charge in [-0.3, -0.25) is 0 Å². The number of anilines is 3. The van der Waals surface area contributed by atoms with Gasteiger partial charge in [-0.1, -0.05) is 0 Å². The lowest BCUT2D eigenvalue weighted by Crippen LogP contribution is -2.47. The van der Waals surface area contributed by atoms with Gasteiger partial charge in [0, 0.05) is 56.7 Å². The lowest BCUT2D eigenvalue weighted by Gasteiger charge is -2.36. The largest absolute Gasteiger partial charge is 0.497 e. The Labute approximate surface area is 142 Å². The van der Waals surface area contributed by atoms with Gasteiger partial charge in [0.2, 0.25) is 5.95 Å². The number of pyridine rings is 1. The van der Waals surface area contributed by atoms with Crippen LogP contribution in [0.4, 0.5) is 17.6 Å². The Bertz CT molecular complexity index is 685. The first-order chi connectivity index (χ1) is 11.7. The predicted octanol–water partition coefficient (Wildman–Crippen LogP) is 1.95. The van der Waals surface area contributed by atoms with Gasteiger partial charge in [-0.05, 0) is 19.9 Å².